The highest BCUT2D eigenvalue weighted by Gasteiger charge is 2.32. The molecule has 0 aliphatic carbocycles. The molecule has 2 heterocycles. The maximum Gasteiger partial charge on any atom is 0.416 e. The molecule has 0 bridgehead atoms. The molecule has 1 atom stereocenters. The average Bonchev–Trinajstić information content (AvgIpc) is 2.95. The fourth-order valence-electron chi connectivity index (χ4n) is 1.71. The zero-order valence-electron chi connectivity index (χ0n) is 9.30. The number of ether oxygens (including phenoxy) is 1. The Morgan fingerprint density at radius 1 is 1.59 bits per heavy atom. The molecule has 0 saturated carbocycles. The Morgan fingerprint density at radius 3 is 2.88 bits per heavy atom. The highest BCUT2D eigenvalue weighted by atomic mass is 16.6. The lowest BCUT2D eigenvalue weighted by molar-refractivity contribution is -0.129. The third-order valence-corrected chi connectivity index (χ3v) is 2.72. The quantitative estimate of drug-likeness (QED) is 0.791. The topological polar surface area (TPSA) is 79.5 Å². The molecule has 1 unspecified atom stereocenters. The molecule has 1 aromatic rings. The van der Waals surface area contributed by atoms with E-state index >= 15 is 0 Å². The number of hydrogen-bond donors (Lipinski definition) is 1. The van der Waals surface area contributed by atoms with E-state index in [1.165, 1.54) is 0 Å². The molecule has 2 amide bonds. The number of nitrogens with one attached hydrogen (secondary N) is 1. The van der Waals surface area contributed by atoms with Gasteiger partial charge in [0.1, 0.15) is 6.61 Å². The lowest BCUT2D eigenvalue weighted by atomic mass is 10.1. The van der Waals surface area contributed by atoms with Crippen molar-refractivity contribution in [2.45, 2.75) is 12.8 Å². The second-order valence-corrected chi connectivity index (χ2v) is 3.81. The van der Waals surface area contributed by atoms with Crippen LogP contribution in [0.25, 0.3) is 0 Å². The van der Waals surface area contributed by atoms with Crippen molar-refractivity contribution in [2.75, 3.05) is 13.2 Å². The van der Waals surface area contributed by atoms with E-state index < -0.39 is 12.0 Å². The molecular weight excluding hydrogens is 224 g/mol. The largest absolute Gasteiger partial charge is 0.447 e. The Kier molecular flexibility index (Phi) is 2.95. The van der Waals surface area contributed by atoms with Crippen molar-refractivity contribution < 1.29 is 19.1 Å². The first-order chi connectivity index (χ1) is 8.13. The normalized spacial score (nSPS) is 16.8. The minimum absolute atomic E-state index is 0.238. The molecule has 6 heteroatoms. The Labute approximate surface area is 97.5 Å². The molecule has 1 aliphatic rings. The maximum absolute atomic E-state index is 12.0. The lowest BCUT2D eigenvalue weighted by Gasteiger charge is -2.15. The van der Waals surface area contributed by atoms with Crippen molar-refractivity contribution in [3.63, 3.8) is 0 Å². The van der Waals surface area contributed by atoms with Crippen LogP contribution in [-0.2, 0) is 9.53 Å². The number of aromatic nitrogens is 1. The van der Waals surface area contributed by atoms with Crippen LogP contribution in [0.4, 0.5) is 4.79 Å². The summed E-state index contributed by atoms with van der Waals surface area (Å²) < 4.78 is 4.70. The maximum atomic E-state index is 12.0. The summed E-state index contributed by atoms with van der Waals surface area (Å²) in [4.78, 5) is 37.6. The zero-order chi connectivity index (χ0) is 12.4. The van der Waals surface area contributed by atoms with Gasteiger partial charge in [0.05, 0.1) is 18.2 Å². The fraction of sp³-hybridized carbons (Fsp3) is 0.364. The predicted molar refractivity (Wildman–Crippen MR) is 57.7 cm³/mol. The van der Waals surface area contributed by atoms with Crippen molar-refractivity contribution in [3.8, 4) is 0 Å². The van der Waals surface area contributed by atoms with Crippen molar-refractivity contribution >= 4 is 18.3 Å². The third kappa shape index (κ3) is 2.06. The van der Waals surface area contributed by atoms with Crippen molar-refractivity contribution in [2.24, 2.45) is 0 Å². The number of carbonyl (C=O) groups is 3. The van der Waals surface area contributed by atoms with Crippen LogP contribution in [0.15, 0.2) is 12.1 Å². The number of carbonyl (C=O) groups excluding carboxylic acids is 3. The van der Waals surface area contributed by atoms with Crippen molar-refractivity contribution in [3.05, 3.63) is 23.5 Å². The highest BCUT2D eigenvalue weighted by molar-refractivity contribution is 5.96. The van der Waals surface area contributed by atoms with Crippen LogP contribution < -0.4 is 0 Å². The predicted octanol–water partition coefficient (Wildman–Crippen LogP) is 0.909. The molecule has 6 nitrogen and oxygen atoms in total. The van der Waals surface area contributed by atoms with E-state index in [1.54, 1.807) is 19.1 Å². The Balaban J connectivity index is 2.13. The minimum Gasteiger partial charge on any atom is -0.447 e. The molecule has 90 valence electrons. The lowest BCUT2D eigenvalue weighted by Crippen LogP contribution is -2.35. The van der Waals surface area contributed by atoms with E-state index in [0.717, 1.165) is 4.90 Å². The molecule has 1 saturated heterocycles. The number of aromatic amines is 1. The van der Waals surface area contributed by atoms with Gasteiger partial charge in [0.25, 0.3) is 0 Å². The molecule has 17 heavy (non-hydrogen) atoms. The van der Waals surface area contributed by atoms with Gasteiger partial charge in [-0.05, 0) is 19.1 Å². The summed E-state index contributed by atoms with van der Waals surface area (Å²) in [6.45, 7) is 2.19. The van der Waals surface area contributed by atoms with Crippen LogP contribution in [0.3, 0.4) is 0 Å². The first-order valence-electron chi connectivity index (χ1n) is 5.25. The number of aldehydes is 1. The zero-order valence-corrected chi connectivity index (χ0v) is 9.30. The molecule has 0 radical (unpaired) electrons. The molecule has 1 aliphatic heterocycles. The number of hydrogen-bond acceptors (Lipinski definition) is 4. The summed E-state index contributed by atoms with van der Waals surface area (Å²) in [6.07, 6.45) is 0.0641. The monoisotopic (exact) mass is 236 g/mol. The summed E-state index contributed by atoms with van der Waals surface area (Å²) in [5, 5.41) is 0. The molecule has 0 aromatic carbocycles. The molecule has 0 spiro atoms. The highest BCUT2D eigenvalue weighted by Crippen LogP contribution is 2.19. The van der Waals surface area contributed by atoms with Gasteiger partial charge < -0.3 is 9.72 Å². The summed E-state index contributed by atoms with van der Waals surface area (Å²) >= 11 is 0. The van der Waals surface area contributed by atoms with Gasteiger partial charge in [-0.2, -0.15) is 0 Å². The summed E-state index contributed by atoms with van der Waals surface area (Å²) in [5.41, 5.74) is 1.01. The summed E-state index contributed by atoms with van der Waals surface area (Å²) in [7, 11) is 0. The van der Waals surface area contributed by atoms with Gasteiger partial charge in [-0.3, -0.25) is 9.59 Å². The van der Waals surface area contributed by atoms with Gasteiger partial charge in [0.2, 0.25) is 5.91 Å². The number of rotatable bonds is 3. The van der Waals surface area contributed by atoms with Crippen LogP contribution in [-0.4, -0.2) is 41.3 Å². The standard InChI is InChI=1S/C11H12N2O4/c1-7(9-3-2-8(6-14)12-9)10(15)13-4-5-17-11(13)16/h2-3,6-7,12H,4-5H2,1H3. The van der Waals surface area contributed by atoms with E-state index in [0.29, 0.717) is 17.7 Å². The number of amides is 2. The minimum atomic E-state index is -0.607. The molecule has 2 rings (SSSR count). The smallest absolute Gasteiger partial charge is 0.416 e. The second kappa shape index (κ2) is 4.40. The van der Waals surface area contributed by atoms with E-state index in [9.17, 15) is 14.4 Å². The number of imide groups is 1. The van der Waals surface area contributed by atoms with E-state index in [2.05, 4.69) is 4.98 Å². The summed E-state index contributed by atoms with van der Waals surface area (Å²) in [6, 6.07) is 3.25. The Bertz CT molecular complexity index is 466. The van der Waals surface area contributed by atoms with Crippen LogP contribution in [0.2, 0.25) is 0 Å². The van der Waals surface area contributed by atoms with Crippen LogP contribution in [0.1, 0.15) is 29.0 Å². The SMILES string of the molecule is CC(C(=O)N1CCOC1=O)c1ccc(C=O)[nH]1. The molecule has 1 N–H and O–H groups in total. The van der Waals surface area contributed by atoms with E-state index in [1.807, 2.05) is 0 Å². The number of cyclic esters (lactones) is 1. The van der Waals surface area contributed by atoms with Gasteiger partial charge >= 0.3 is 6.09 Å². The molecule has 1 aromatic heterocycles. The van der Waals surface area contributed by atoms with Crippen LogP contribution >= 0.6 is 0 Å². The molecule has 1 fully saturated rings. The van der Waals surface area contributed by atoms with Gasteiger partial charge in [0.15, 0.2) is 6.29 Å². The number of nitrogens with zero attached hydrogens (tertiary/aromatic N) is 1. The summed E-state index contributed by atoms with van der Waals surface area (Å²) in [5.74, 6) is -0.832. The van der Waals surface area contributed by atoms with E-state index in [-0.39, 0.29) is 19.1 Å². The van der Waals surface area contributed by atoms with Gasteiger partial charge in [-0.25, -0.2) is 9.69 Å². The third-order valence-electron chi connectivity index (χ3n) is 2.72. The average molecular weight is 236 g/mol. The first-order valence-corrected chi connectivity index (χ1v) is 5.25. The Morgan fingerprint density at radius 2 is 2.35 bits per heavy atom. The van der Waals surface area contributed by atoms with Crippen molar-refractivity contribution in [1.82, 2.24) is 9.88 Å². The van der Waals surface area contributed by atoms with Crippen LogP contribution in [0, 0.1) is 0 Å². The molecular formula is C11H12N2O4. The second-order valence-electron chi connectivity index (χ2n) is 3.81. The van der Waals surface area contributed by atoms with Gasteiger partial charge in [0, 0.05) is 5.69 Å². The fourth-order valence-corrected chi connectivity index (χ4v) is 1.71. The first kappa shape index (κ1) is 11.4. The van der Waals surface area contributed by atoms with E-state index in [4.69, 9.17) is 4.74 Å². The van der Waals surface area contributed by atoms with Crippen LogP contribution in [0.5, 0.6) is 0 Å². The van der Waals surface area contributed by atoms with Gasteiger partial charge in [-0.1, -0.05) is 0 Å². The Hall–Kier alpha value is -2.11. The number of H-pyrrole nitrogens is 1. The van der Waals surface area contributed by atoms with Crippen molar-refractivity contribution in [1.29, 1.82) is 0 Å². The van der Waals surface area contributed by atoms with Gasteiger partial charge in [-0.15, -0.1) is 0 Å².